The molecule has 0 saturated heterocycles. The number of fused-ring (bicyclic) bond motifs is 1. The third-order valence-corrected chi connectivity index (χ3v) is 3.77. The molecule has 0 aliphatic heterocycles. The molecular weight excluding hydrogens is 292 g/mol. The Kier molecular flexibility index (Phi) is 3.73. The molecular formula is C17H18N4O2. The number of amides is 1. The third-order valence-electron chi connectivity index (χ3n) is 3.77. The van der Waals surface area contributed by atoms with Crippen molar-refractivity contribution in [3.05, 3.63) is 53.5 Å². The lowest BCUT2D eigenvalue weighted by atomic mass is 9.99. The zero-order valence-electron chi connectivity index (χ0n) is 13.2. The molecule has 1 amide bonds. The molecule has 0 saturated carbocycles. The van der Waals surface area contributed by atoms with E-state index in [1.54, 1.807) is 29.0 Å². The largest absolute Gasteiger partial charge is 0.508 e. The summed E-state index contributed by atoms with van der Waals surface area (Å²) >= 11 is 0. The SMILES string of the molecule is Cc1cc(O)c(C(C)C)cc1NC(=O)c1cnn2cccnc12. The summed E-state index contributed by atoms with van der Waals surface area (Å²) < 4.78 is 1.55. The van der Waals surface area contributed by atoms with E-state index in [0.717, 1.165) is 11.1 Å². The number of aromatic nitrogens is 3. The van der Waals surface area contributed by atoms with Gasteiger partial charge in [-0.25, -0.2) is 9.50 Å². The minimum Gasteiger partial charge on any atom is -0.508 e. The molecule has 0 spiro atoms. The highest BCUT2D eigenvalue weighted by molar-refractivity contribution is 6.08. The number of anilines is 1. The highest BCUT2D eigenvalue weighted by atomic mass is 16.3. The summed E-state index contributed by atoms with van der Waals surface area (Å²) in [6, 6.07) is 5.23. The second-order valence-electron chi connectivity index (χ2n) is 5.78. The van der Waals surface area contributed by atoms with Gasteiger partial charge in [0, 0.05) is 18.1 Å². The van der Waals surface area contributed by atoms with Crippen molar-refractivity contribution in [3.8, 4) is 5.75 Å². The van der Waals surface area contributed by atoms with E-state index >= 15 is 0 Å². The number of aromatic hydroxyl groups is 1. The van der Waals surface area contributed by atoms with E-state index in [1.807, 2.05) is 26.8 Å². The van der Waals surface area contributed by atoms with Gasteiger partial charge in [0.1, 0.15) is 11.3 Å². The fourth-order valence-electron chi connectivity index (χ4n) is 2.48. The van der Waals surface area contributed by atoms with Crippen molar-refractivity contribution in [1.82, 2.24) is 14.6 Å². The second-order valence-corrected chi connectivity index (χ2v) is 5.78. The summed E-state index contributed by atoms with van der Waals surface area (Å²) in [5, 5.41) is 17.0. The molecule has 2 heterocycles. The van der Waals surface area contributed by atoms with Crippen molar-refractivity contribution in [2.75, 3.05) is 5.32 Å². The van der Waals surface area contributed by atoms with E-state index < -0.39 is 0 Å². The molecule has 0 aliphatic carbocycles. The first-order valence-electron chi connectivity index (χ1n) is 7.40. The van der Waals surface area contributed by atoms with Gasteiger partial charge in [-0.3, -0.25) is 4.79 Å². The summed E-state index contributed by atoms with van der Waals surface area (Å²) in [6.45, 7) is 5.82. The Balaban J connectivity index is 1.95. The average molecular weight is 310 g/mol. The number of phenols is 1. The van der Waals surface area contributed by atoms with Crippen molar-refractivity contribution >= 4 is 17.2 Å². The Bertz CT molecular complexity index is 883. The monoisotopic (exact) mass is 310 g/mol. The number of hydrogen-bond donors (Lipinski definition) is 2. The maximum absolute atomic E-state index is 12.5. The van der Waals surface area contributed by atoms with Crippen LogP contribution in [0.4, 0.5) is 5.69 Å². The van der Waals surface area contributed by atoms with Crippen LogP contribution in [0.15, 0.2) is 36.8 Å². The average Bonchev–Trinajstić information content (AvgIpc) is 2.93. The van der Waals surface area contributed by atoms with Gasteiger partial charge in [-0.2, -0.15) is 5.10 Å². The molecule has 0 unspecified atom stereocenters. The van der Waals surface area contributed by atoms with Gasteiger partial charge in [0.25, 0.3) is 5.91 Å². The lowest BCUT2D eigenvalue weighted by Gasteiger charge is -2.14. The van der Waals surface area contributed by atoms with Gasteiger partial charge in [-0.05, 0) is 42.2 Å². The standard InChI is InChI=1S/C17H18N4O2/c1-10(2)12-8-14(11(3)7-15(12)22)20-17(23)13-9-19-21-6-4-5-18-16(13)21/h4-10,22H,1-3H3,(H,20,23). The number of carbonyl (C=O) groups excluding carboxylic acids is 1. The Morgan fingerprint density at radius 2 is 2.13 bits per heavy atom. The fraction of sp³-hybridized carbons (Fsp3) is 0.235. The molecule has 3 aromatic rings. The zero-order chi connectivity index (χ0) is 16.6. The van der Waals surface area contributed by atoms with E-state index in [2.05, 4.69) is 15.4 Å². The van der Waals surface area contributed by atoms with E-state index in [4.69, 9.17) is 0 Å². The minimum absolute atomic E-state index is 0.157. The highest BCUT2D eigenvalue weighted by Crippen LogP contribution is 2.31. The van der Waals surface area contributed by atoms with E-state index in [-0.39, 0.29) is 17.6 Å². The third kappa shape index (κ3) is 2.75. The fourth-order valence-corrected chi connectivity index (χ4v) is 2.48. The number of carbonyl (C=O) groups is 1. The van der Waals surface area contributed by atoms with Gasteiger partial charge >= 0.3 is 0 Å². The first-order valence-corrected chi connectivity index (χ1v) is 7.40. The molecule has 6 nitrogen and oxygen atoms in total. The van der Waals surface area contributed by atoms with Crippen LogP contribution in [-0.4, -0.2) is 25.6 Å². The summed E-state index contributed by atoms with van der Waals surface area (Å²) in [5.41, 5.74) is 3.18. The van der Waals surface area contributed by atoms with E-state index in [0.29, 0.717) is 16.9 Å². The lowest BCUT2D eigenvalue weighted by molar-refractivity contribution is 0.102. The molecule has 1 aromatic carbocycles. The molecule has 0 radical (unpaired) electrons. The van der Waals surface area contributed by atoms with Crippen molar-refractivity contribution < 1.29 is 9.90 Å². The van der Waals surface area contributed by atoms with Gasteiger partial charge in [-0.1, -0.05) is 13.8 Å². The van der Waals surface area contributed by atoms with Crippen LogP contribution in [0.25, 0.3) is 5.65 Å². The molecule has 118 valence electrons. The highest BCUT2D eigenvalue weighted by Gasteiger charge is 2.16. The van der Waals surface area contributed by atoms with Crippen molar-refractivity contribution in [3.63, 3.8) is 0 Å². The molecule has 0 aliphatic rings. The van der Waals surface area contributed by atoms with Gasteiger partial charge in [0.05, 0.1) is 6.20 Å². The molecule has 0 bridgehead atoms. The summed E-state index contributed by atoms with van der Waals surface area (Å²) in [4.78, 5) is 16.7. The molecule has 23 heavy (non-hydrogen) atoms. The topological polar surface area (TPSA) is 79.5 Å². The minimum atomic E-state index is -0.276. The van der Waals surface area contributed by atoms with Gasteiger partial charge < -0.3 is 10.4 Å². The first-order chi connectivity index (χ1) is 11.0. The molecule has 3 rings (SSSR count). The summed E-state index contributed by atoms with van der Waals surface area (Å²) in [5.74, 6) is 0.125. The van der Waals surface area contributed by atoms with E-state index in [1.165, 1.54) is 6.20 Å². The Morgan fingerprint density at radius 1 is 1.35 bits per heavy atom. The molecule has 6 heteroatoms. The van der Waals surface area contributed by atoms with Crippen LogP contribution in [0.5, 0.6) is 5.75 Å². The van der Waals surface area contributed by atoms with Crippen molar-refractivity contribution in [1.29, 1.82) is 0 Å². The van der Waals surface area contributed by atoms with E-state index in [9.17, 15) is 9.90 Å². The van der Waals surface area contributed by atoms with Gasteiger partial charge in [-0.15, -0.1) is 0 Å². The van der Waals surface area contributed by atoms with Gasteiger partial charge in [0.2, 0.25) is 0 Å². The quantitative estimate of drug-likeness (QED) is 0.728. The van der Waals surface area contributed by atoms with Crippen LogP contribution in [0.2, 0.25) is 0 Å². The maximum Gasteiger partial charge on any atom is 0.261 e. The number of benzene rings is 1. The number of hydrogen-bond acceptors (Lipinski definition) is 4. The zero-order valence-corrected chi connectivity index (χ0v) is 13.2. The molecule has 2 aromatic heterocycles. The summed E-state index contributed by atoms with van der Waals surface area (Å²) in [7, 11) is 0. The molecule has 0 fully saturated rings. The Morgan fingerprint density at radius 3 is 2.87 bits per heavy atom. The summed E-state index contributed by atoms with van der Waals surface area (Å²) in [6.07, 6.45) is 4.86. The van der Waals surface area contributed by atoms with Crippen LogP contribution >= 0.6 is 0 Å². The first kappa shape index (κ1) is 15.0. The molecule has 2 N–H and O–H groups in total. The van der Waals surface area contributed by atoms with Crippen molar-refractivity contribution in [2.45, 2.75) is 26.7 Å². The smallest absolute Gasteiger partial charge is 0.261 e. The number of aryl methyl sites for hydroxylation is 1. The van der Waals surface area contributed by atoms with Crippen LogP contribution < -0.4 is 5.32 Å². The number of phenolic OH excluding ortho intramolecular Hbond substituents is 1. The van der Waals surface area contributed by atoms with Crippen molar-refractivity contribution in [2.24, 2.45) is 0 Å². The normalized spacial score (nSPS) is 11.1. The maximum atomic E-state index is 12.5. The molecule has 0 atom stereocenters. The van der Waals surface area contributed by atoms with Crippen LogP contribution in [0.3, 0.4) is 0 Å². The Labute approximate surface area is 133 Å². The van der Waals surface area contributed by atoms with Crippen LogP contribution in [0.1, 0.15) is 41.3 Å². The predicted molar refractivity (Wildman–Crippen MR) is 87.9 cm³/mol. The van der Waals surface area contributed by atoms with Crippen LogP contribution in [0, 0.1) is 6.92 Å². The number of rotatable bonds is 3. The second kappa shape index (κ2) is 5.72. The van der Waals surface area contributed by atoms with Crippen LogP contribution in [-0.2, 0) is 0 Å². The van der Waals surface area contributed by atoms with Gasteiger partial charge in [0.15, 0.2) is 5.65 Å². The Hall–Kier alpha value is -2.89. The lowest BCUT2D eigenvalue weighted by Crippen LogP contribution is -2.13. The number of nitrogens with one attached hydrogen (secondary N) is 1. The number of nitrogens with zero attached hydrogens (tertiary/aromatic N) is 3. The predicted octanol–water partition coefficient (Wildman–Crippen LogP) is 3.12.